The fourth-order valence-electron chi connectivity index (χ4n) is 3.15. The van der Waals surface area contributed by atoms with E-state index in [0.29, 0.717) is 18.4 Å². The average Bonchev–Trinajstić information content (AvgIpc) is 2.99. The predicted molar refractivity (Wildman–Crippen MR) is 75.8 cm³/mol. The Morgan fingerprint density at radius 2 is 1.95 bits per heavy atom. The van der Waals surface area contributed by atoms with Gasteiger partial charge in [-0.3, -0.25) is 4.79 Å². The lowest BCUT2D eigenvalue weighted by Gasteiger charge is -2.26. The molecule has 1 fully saturated rings. The zero-order valence-electron chi connectivity index (χ0n) is 11.4. The van der Waals surface area contributed by atoms with Gasteiger partial charge >= 0.3 is 0 Å². The quantitative estimate of drug-likeness (QED) is 0.900. The number of benzene rings is 1. The minimum atomic E-state index is 0.346. The highest BCUT2D eigenvalue weighted by atomic mass is 16.2. The summed E-state index contributed by atoms with van der Waals surface area (Å²) in [6.07, 6.45) is 5.08. The first-order valence-corrected chi connectivity index (χ1v) is 7.41. The minimum Gasteiger partial charge on any atom is -0.343 e. The van der Waals surface area contributed by atoms with Crippen molar-refractivity contribution in [2.45, 2.75) is 44.7 Å². The molecule has 2 aliphatic rings. The lowest BCUT2D eigenvalue weighted by molar-refractivity contribution is -0.130. The lowest BCUT2D eigenvalue weighted by atomic mass is 9.93. The number of carbonyl (C=O) groups excluding carboxylic acids is 1. The van der Waals surface area contributed by atoms with Crippen molar-refractivity contribution < 1.29 is 4.79 Å². The molecule has 102 valence electrons. The van der Waals surface area contributed by atoms with Gasteiger partial charge < -0.3 is 10.2 Å². The largest absolute Gasteiger partial charge is 0.343 e. The van der Waals surface area contributed by atoms with Crippen LogP contribution in [0, 0.1) is 0 Å². The van der Waals surface area contributed by atoms with Crippen molar-refractivity contribution in [1.82, 2.24) is 10.2 Å². The number of hydrogen-bond donors (Lipinski definition) is 1. The van der Waals surface area contributed by atoms with Crippen LogP contribution in [0.15, 0.2) is 24.3 Å². The predicted octanol–water partition coefficient (Wildman–Crippen LogP) is 2.10. The molecule has 0 radical (unpaired) electrons. The van der Waals surface area contributed by atoms with E-state index in [9.17, 15) is 4.79 Å². The van der Waals surface area contributed by atoms with Crippen LogP contribution < -0.4 is 5.32 Å². The molecule has 0 aliphatic carbocycles. The van der Waals surface area contributed by atoms with Gasteiger partial charge in [0.2, 0.25) is 5.91 Å². The van der Waals surface area contributed by atoms with E-state index in [4.69, 9.17) is 0 Å². The molecule has 1 aromatic carbocycles. The van der Waals surface area contributed by atoms with Crippen molar-refractivity contribution >= 4 is 5.91 Å². The third-order valence-electron chi connectivity index (χ3n) is 4.33. The molecular formula is C16H22N2O. The molecule has 1 atom stereocenters. The zero-order chi connectivity index (χ0) is 13.1. The van der Waals surface area contributed by atoms with Gasteiger partial charge in [-0.25, -0.2) is 0 Å². The first-order valence-electron chi connectivity index (χ1n) is 7.41. The highest BCUT2D eigenvalue weighted by molar-refractivity contribution is 5.76. The molecule has 0 bridgehead atoms. The molecule has 1 saturated heterocycles. The Morgan fingerprint density at radius 3 is 2.74 bits per heavy atom. The van der Waals surface area contributed by atoms with E-state index in [0.717, 1.165) is 32.5 Å². The summed E-state index contributed by atoms with van der Waals surface area (Å²) < 4.78 is 0. The third kappa shape index (κ3) is 2.98. The van der Waals surface area contributed by atoms with Crippen LogP contribution in [0.1, 0.15) is 36.8 Å². The van der Waals surface area contributed by atoms with E-state index >= 15 is 0 Å². The van der Waals surface area contributed by atoms with E-state index in [1.807, 2.05) is 4.90 Å². The van der Waals surface area contributed by atoms with Crippen molar-refractivity contribution in [2.24, 2.45) is 0 Å². The van der Waals surface area contributed by atoms with Gasteiger partial charge in [0.15, 0.2) is 0 Å². The Balaban J connectivity index is 1.50. The van der Waals surface area contributed by atoms with Gasteiger partial charge in [0.25, 0.3) is 0 Å². The molecule has 0 saturated carbocycles. The van der Waals surface area contributed by atoms with E-state index in [2.05, 4.69) is 29.6 Å². The lowest BCUT2D eigenvalue weighted by Crippen LogP contribution is -2.37. The summed E-state index contributed by atoms with van der Waals surface area (Å²) in [5.41, 5.74) is 2.85. The fourth-order valence-corrected chi connectivity index (χ4v) is 3.15. The van der Waals surface area contributed by atoms with E-state index in [-0.39, 0.29) is 0 Å². The third-order valence-corrected chi connectivity index (χ3v) is 4.33. The van der Waals surface area contributed by atoms with Gasteiger partial charge in [-0.1, -0.05) is 24.3 Å². The van der Waals surface area contributed by atoms with Crippen LogP contribution in [0.5, 0.6) is 0 Å². The van der Waals surface area contributed by atoms with Gasteiger partial charge in [-0.05, 0) is 36.8 Å². The molecule has 19 heavy (non-hydrogen) atoms. The first kappa shape index (κ1) is 12.7. The summed E-state index contributed by atoms with van der Waals surface area (Å²) in [7, 11) is 0. The molecule has 1 amide bonds. The number of rotatable bonds is 3. The van der Waals surface area contributed by atoms with Gasteiger partial charge in [-0.15, -0.1) is 0 Å². The summed E-state index contributed by atoms with van der Waals surface area (Å²) in [6.45, 7) is 2.89. The number of nitrogens with zero attached hydrogens (tertiary/aromatic N) is 1. The van der Waals surface area contributed by atoms with Gasteiger partial charge in [0.1, 0.15) is 0 Å². The Kier molecular flexibility index (Phi) is 3.83. The standard InChI is InChI=1S/C16H22N2O/c19-16(18-9-3-4-10-18)8-7-15-11-13-5-1-2-6-14(13)12-17-15/h1-2,5-6,15,17H,3-4,7-12H2. The number of carbonyl (C=O) groups is 1. The Bertz CT molecular complexity index is 452. The molecular weight excluding hydrogens is 236 g/mol. The average molecular weight is 258 g/mol. The summed E-state index contributed by atoms with van der Waals surface area (Å²) in [4.78, 5) is 14.1. The normalized spacial score (nSPS) is 22.3. The number of hydrogen-bond acceptors (Lipinski definition) is 2. The number of amides is 1. The first-order chi connectivity index (χ1) is 9.33. The topological polar surface area (TPSA) is 32.3 Å². The monoisotopic (exact) mass is 258 g/mol. The summed E-state index contributed by atoms with van der Waals surface area (Å²) >= 11 is 0. The molecule has 1 unspecified atom stereocenters. The van der Waals surface area contributed by atoms with Crippen LogP contribution in [0.25, 0.3) is 0 Å². The van der Waals surface area contributed by atoms with Crippen LogP contribution >= 0.6 is 0 Å². The second kappa shape index (κ2) is 5.74. The van der Waals surface area contributed by atoms with E-state index < -0.39 is 0 Å². The highest BCUT2D eigenvalue weighted by Crippen LogP contribution is 2.19. The summed E-state index contributed by atoms with van der Waals surface area (Å²) in [6, 6.07) is 9.06. The molecule has 3 heteroatoms. The highest BCUT2D eigenvalue weighted by Gasteiger charge is 2.21. The smallest absolute Gasteiger partial charge is 0.222 e. The second-order valence-corrected chi connectivity index (χ2v) is 5.68. The fraction of sp³-hybridized carbons (Fsp3) is 0.562. The van der Waals surface area contributed by atoms with Crippen molar-refractivity contribution in [3.63, 3.8) is 0 Å². The van der Waals surface area contributed by atoms with E-state index in [1.165, 1.54) is 24.0 Å². The van der Waals surface area contributed by atoms with Gasteiger partial charge in [0, 0.05) is 32.1 Å². The minimum absolute atomic E-state index is 0.346. The van der Waals surface area contributed by atoms with E-state index in [1.54, 1.807) is 0 Å². The Morgan fingerprint density at radius 1 is 1.21 bits per heavy atom. The molecule has 3 nitrogen and oxygen atoms in total. The molecule has 1 N–H and O–H groups in total. The van der Waals surface area contributed by atoms with Crippen molar-refractivity contribution in [2.75, 3.05) is 13.1 Å². The Hall–Kier alpha value is -1.35. The van der Waals surface area contributed by atoms with Crippen LogP contribution in [-0.4, -0.2) is 29.9 Å². The van der Waals surface area contributed by atoms with Crippen molar-refractivity contribution in [3.05, 3.63) is 35.4 Å². The zero-order valence-corrected chi connectivity index (χ0v) is 11.4. The second-order valence-electron chi connectivity index (χ2n) is 5.68. The summed E-state index contributed by atoms with van der Waals surface area (Å²) in [5.74, 6) is 0.346. The molecule has 0 aromatic heterocycles. The van der Waals surface area contributed by atoms with Crippen LogP contribution in [0.3, 0.4) is 0 Å². The maximum atomic E-state index is 12.0. The summed E-state index contributed by atoms with van der Waals surface area (Å²) in [5, 5.41) is 3.55. The van der Waals surface area contributed by atoms with Crippen molar-refractivity contribution in [1.29, 1.82) is 0 Å². The molecule has 1 aromatic rings. The molecule has 3 rings (SSSR count). The van der Waals surface area contributed by atoms with Crippen LogP contribution in [0.4, 0.5) is 0 Å². The number of likely N-dealkylation sites (tertiary alicyclic amines) is 1. The van der Waals surface area contributed by atoms with Crippen LogP contribution in [-0.2, 0) is 17.8 Å². The number of fused-ring (bicyclic) bond motifs is 1. The maximum absolute atomic E-state index is 12.0. The molecule has 0 spiro atoms. The number of nitrogens with one attached hydrogen (secondary N) is 1. The van der Waals surface area contributed by atoms with Gasteiger partial charge in [0.05, 0.1) is 0 Å². The molecule has 2 aliphatic heterocycles. The van der Waals surface area contributed by atoms with Gasteiger partial charge in [-0.2, -0.15) is 0 Å². The van der Waals surface area contributed by atoms with Crippen LogP contribution in [0.2, 0.25) is 0 Å². The Labute approximate surface area is 115 Å². The maximum Gasteiger partial charge on any atom is 0.222 e. The molecule has 2 heterocycles. The SMILES string of the molecule is O=C(CCC1Cc2ccccc2CN1)N1CCCC1. The van der Waals surface area contributed by atoms with Crippen molar-refractivity contribution in [3.8, 4) is 0 Å².